The van der Waals surface area contributed by atoms with E-state index in [4.69, 9.17) is 4.74 Å². The lowest BCUT2D eigenvalue weighted by molar-refractivity contribution is 0.0299. The predicted octanol–water partition coefficient (Wildman–Crippen LogP) is 0.807. The number of fused-ring (bicyclic) bond motifs is 1. The van der Waals surface area contributed by atoms with Gasteiger partial charge in [-0.05, 0) is 12.1 Å². The van der Waals surface area contributed by atoms with Crippen LogP contribution in [0.15, 0.2) is 30.6 Å². The number of carbonyl (C=O) groups excluding carboxylic acids is 1. The van der Waals surface area contributed by atoms with Gasteiger partial charge >= 0.3 is 0 Å². The highest BCUT2D eigenvalue weighted by Crippen LogP contribution is 2.09. The van der Waals surface area contributed by atoms with Gasteiger partial charge in [0, 0.05) is 25.5 Å². The van der Waals surface area contributed by atoms with Gasteiger partial charge in [0.1, 0.15) is 11.3 Å². The van der Waals surface area contributed by atoms with Gasteiger partial charge in [-0.3, -0.25) is 4.79 Å². The molecule has 1 amide bonds. The molecule has 0 bridgehead atoms. The molecule has 3 heterocycles. The number of carbonyl (C=O) groups is 1. The molecule has 5 heteroatoms. The largest absolute Gasteiger partial charge is 0.378 e. The molecule has 2 aromatic rings. The Morgan fingerprint density at radius 2 is 2.12 bits per heavy atom. The van der Waals surface area contributed by atoms with E-state index >= 15 is 0 Å². The number of imidazole rings is 1. The lowest BCUT2D eigenvalue weighted by atomic mass is 10.3. The molecule has 1 fully saturated rings. The van der Waals surface area contributed by atoms with Crippen molar-refractivity contribution in [3.05, 3.63) is 36.3 Å². The smallest absolute Gasteiger partial charge is 0.274 e. The molecule has 3 rings (SSSR count). The number of aromatic nitrogens is 2. The van der Waals surface area contributed by atoms with Gasteiger partial charge in [-0.1, -0.05) is 6.07 Å². The summed E-state index contributed by atoms with van der Waals surface area (Å²) in [7, 11) is 0. The van der Waals surface area contributed by atoms with Gasteiger partial charge in [-0.25, -0.2) is 4.98 Å². The average molecular weight is 231 g/mol. The highest BCUT2D eigenvalue weighted by molar-refractivity contribution is 5.93. The van der Waals surface area contributed by atoms with Crippen LogP contribution in [0.25, 0.3) is 5.65 Å². The highest BCUT2D eigenvalue weighted by Gasteiger charge is 2.20. The molecule has 88 valence electrons. The maximum atomic E-state index is 12.2. The predicted molar refractivity (Wildman–Crippen MR) is 61.9 cm³/mol. The molecule has 0 unspecified atom stereocenters. The molecule has 0 N–H and O–H groups in total. The third-order valence-electron chi connectivity index (χ3n) is 2.88. The number of pyridine rings is 1. The zero-order chi connectivity index (χ0) is 11.7. The summed E-state index contributed by atoms with van der Waals surface area (Å²) in [4.78, 5) is 18.3. The van der Waals surface area contributed by atoms with Gasteiger partial charge in [-0.2, -0.15) is 0 Å². The molecule has 1 aliphatic heterocycles. The topological polar surface area (TPSA) is 46.8 Å². The molecule has 0 aliphatic carbocycles. The second-order valence-corrected chi connectivity index (χ2v) is 4.00. The molecule has 0 radical (unpaired) electrons. The number of morpholine rings is 1. The van der Waals surface area contributed by atoms with Gasteiger partial charge in [0.2, 0.25) is 0 Å². The van der Waals surface area contributed by atoms with Gasteiger partial charge < -0.3 is 14.0 Å². The van der Waals surface area contributed by atoms with Crippen molar-refractivity contribution in [2.24, 2.45) is 0 Å². The van der Waals surface area contributed by atoms with Gasteiger partial charge in [-0.15, -0.1) is 0 Å². The van der Waals surface area contributed by atoms with E-state index in [9.17, 15) is 4.79 Å². The molecule has 0 aromatic carbocycles. The van der Waals surface area contributed by atoms with Crippen molar-refractivity contribution >= 4 is 11.6 Å². The fourth-order valence-electron chi connectivity index (χ4n) is 1.97. The summed E-state index contributed by atoms with van der Waals surface area (Å²) in [5.41, 5.74) is 1.29. The normalized spacial score (nSPS) is 16.4. The van der Waals surface area contributed by atoms with Crippen LogP contribution in [0.1, 0.15) is 10.5 Å². The number of ether oxygens (including phenoxy) is 1. The van der Waals surface area contributed by atoms with Crippen LogP contribution in [0.4, 0.5) is 0 Å². The summed E-state index contributed by atoms with van der Waals surface area (Å²) in [6, 6.07) is 5.71. The molecule has 0 spiro atoms. The first-order chi connectivity index (χ1) is 8.34. The Labute approximate surface area is 98.6 Å². The zero-order valence-electron chi connectivity index (χ0n) is 9.37. The molecular weight excluding hydrogens is 218 g/mol. The van der Waals surface area contributed by atoms with Crippen molar-refractivity contribution in [3.8, 4) is 0 Å². The summed E-state index contributed by atoms with van der Waals surface area (Å²) >= 11 is 0. The molecule has 2 aromatic heterocycles. The van der Waals surface area contributed by atoms with Gasteiger partial charge in [0.15, 0.2) is 0 Å². The van der Waals surface area contributed by atoms with Gasteiger partial charge in [0.05, 0.1) is 13.2 Å². The van der Waals surface area contributed by atoms with Crippen LogP contribution >= 0.6 is 0 Å². The molecule has 5 nitrogen and oxygen atoms in total. The van der Waals surface area contributed by atoms with E-state index in [1.54, 1.807) is 11.1 Å². The maximum absolute atomic E-state index is 12.2. The van der Waals surface area contributed by atoms with E-state index < -0.39 is 0 Å². The molecule has 17 heavy (non-hydrogen) atoms. The SMILES string of the molecule is O=C(c1cn2ccccc2n1)N1CCOCC1. The monoisotopic (exact) mass is 231 g/mol. The molecule has 1 aliphatic rings. The van der Waals surface area contributed by atoms with Crippen LogP contribution in [0.5, 0.6) is 0 Å². The molecule has 0 saturated carbocycles. The minimum atomic E-state index is -0.0167. The third-order valence-corrected chi connectivity index (χ3v) is 2.88. The van der Waals surface area contributed by atoms with Crippen molar-refractivity contribution in [2.45, 2.75) is 0 Å². The first-order valence-electron chi connectivity index (χ1n) is 5.65. The van der Waals surface area contributed by atoms with E-state index in [0.29, 0.717) is 32.0 Å². The summed E-state index contributed by atoms with van der Waals surface area (Å²) in [5, 5.41) is 0. The van der Waals surface area contributed by atoms with Crippen LogP contribution in [-0.2, 0) is 4.74 Å². The lowest BCUT2D eigenvalue weighted by Gasteiger charge is -2.25. The Kier molecular flexibility index (Phi) is 2.53. The Balaban J connectivity index is 1.89. The Hall–Kier alpha value is -1.88. The van der Waals surface area contributed by atoms with Crippen LogP contribution in [0.2, 0.25) is 0 Å². The highest BCUT2D eigenvalue weighted by atomic mass is 16.5. The number of nitrogens with zero attached hydrogens (tertiary/aromatic N) is 3. The fraction of sp³-hybridized carbons (Fsp3) is 0.333. The first kappa shape index (κ1) is 10.3. The van der Waals surface area contributed by atoms with Crippen LogP contribution in [-0.4, -0.2) is 46.5 Å². The van der Waals surface area contributed by atoms with E-state index in [-0.39, 0.29) is 5.91 Å². The van der Waals surface area contributed by atoms with E-state index in [1.807, 2.05) is 28.8 Å². The minimum Gasteiger partial charge on any atom is -0.378 e. The van der Waals surface area contributed by atoms with Crippen molar-refractivity contribution < 1.29 is 9.53 Å². The second-order valence-electron chi connectivity index (χ2n) is 4.00. The van der Waals surface area contributed by atoms with Crippen molar-refractivity contribution in [3.63, 3.8) is 0 Å². The van der Waals surface area contributed by atoms with Crippen molar-refractivity contribution in [1.82, 2.24) is 14.3 Å². The molecule has 1 saturated heterocycles. The zero-order valence-corrected chi connectivity index (χ0v) is 9.37. The van der Waals surface area contributed by atoms with Gasteiger partial charge in [0.25, 0.3) is 5.91 Å². The van der Waals surface area contributed by atoms with Crippen LogP contribution in [0, 0.1) is 0 Å². The van der Waals surface area contributed by atoms with E-state index in [1.165, 1.54) is 0 Å². The maximum Gasteiger partial charge on any atom is 0.274 e. The summed E-state index contributed by atoms with van der Waals surface area (Å²) in [5.74, 6) is -0.0167. The quantitative estimate of drug-likeness (QED) is 0.729. The summed E-state index contributed by atoms with van der Waals surface area (Å²) in [6.07, 6.45) is 3.66. The lowest BCUT2D eigenvalue weighted by Crippen LogP contribution is -2.40. The first-order valence-corrected chi connectivity index (χ1v) is 5.65. The van der Waals surface area contributed by atoms with Crippen molar-refractivity contribution in [1.29, 1.82) is 0 Å². The average Bonchev–Trinajstić information content (AvgIpc) is 2.82. The summed E-state index contributed by atoms with van der Waals surface area (Å²) < 4.78 is 7.08. The number of hydrogen-bond acceptors (Lipinski definition) is 3. The molecular formula is C12H13N3O2. The van der Waals surface area contributed by atoms with E-state index in [0.717, 1.165) is 5.65 Å². The number of amides is 1. The number of hydrogen-bond donors (Lipinski definition) is 0. The van der Waals surface area contributed by atoms with Crippen LogP contribution < -0.4 is 0 Å². The fourth-order valence-corrected chi connectivity index (χ4v) is 1.97. The van der Waals surface area contributed by atoms with Crippen molar-refractivity contribution in [2.75, 3.05) is 26.3 Å². The Bertz CT molecular complexity index is 510. The minimum absolute atomic E-state index is 0.0167. The third kappa shape index (κ3) is 1.89. The van der Waals surface area contributed by atoms with Crippen LogP contribution in [0.3, 0.4) is 0 Å². The molecule has 0 atom stereocenters. The summed E-state index contributed by atoms with van der Waals surface area (Å²) in [6.45, 7) is 2.51. The Morgan fingerprint density at radius 3 is 2.88 bits per heavy atom. The second kappa shape index (κ2) is 4.18. The van der Waals surface area contributed by atoms with E-state index in [2.05, 4.69) is 4.98 Å². The number of rotatable bonds is 1. The standard InChI is InChI=1S/C12H13N3O2/c16-12(14-5-7-17-8-6-14)10-9-15-4-2-1-3-11(15)13-10/h1-4,9H,5-8H2. The Morgan fingerprint density at radius 1 is 1.29 bits per heavy atom.